The van der Waals surface area contributed by atoms with E-state index in [9.17, 15) is 4.79 Å². The van der Waals surface area contributed by atoms with Gasteiger partial charge in [-0.3, -0.25) is 4.79 Å². The fraction of sp³-hybridized carbons (Fsp3) is 0.364. The Balaban J connectivity index is 2.60. The van der Waals surface area contributed by atoms with E-state index in [2.05, 4.69) is 0 Å². The smallest absolute Gasteiger partial charge is 0.255 e. The molecular weight excluding hydrogens is 190 g/mol. The molecule has 2 rings (SSSR count). The average molecular weight is 205 g/mol. The minimum atomic E-state index is 0.0432. The minimum Gasteiger partial charge on any atom is -0.397 e. The molecule has 1 aromatic rings. The van der Waals surface area contributed by atoms with Crippen LogP contribution in [0.25, 0.3) is 0 Å². The maximum atomic E-state index is 12.0. The zero-order chi connectivity index (χ0) is 11.0. The third kappa shape index (κ3) is 1.52. The van der Waals surface area contributed by atoms with Gasteiger partial charge in [0, 0.05) is 27.2 Å². The van der Waals surface area contributed by atoms with Crippen LogP contribution in [-0.2, 0) is 0 Å². The van der Waals surface area contributed by atoms with Gasteiger partial charge in [0.1, 0.15) is 0 Å². The third-order valence-corrected chi connectivity index (χ3v) is 2.80. The highest BCUT2D eigenvalue weighted by Gasteiger charge is 2.23. The number of fused-ring (bicyclic) bond motifs is 1. The molecule has 0 saturated carbocycles. The van der Waals surface area contributed by atoms with Gasteiger partial charge in [-0.25, -0.2) is 0 Å². The summed E-state index contributed by atoms with van der Waals surface area (Å²) >= 11 is 0. The summed E-state index contributed by atoms with van der Waals surface area (Å²) in [6.07, 6.45) is 0. The molecule has 0 radical (unpaired) electrons. The van der Waals surface area contributed by atoms with Gasteiger partial charge in [0.05, 0.1) is 16.9 Å². The van der Waals surface area contributed by atoms with Gasteiger partial charge < -0.3 is 15.5 Å². The number of nitrogen functional groups attached to an aromatic ring is 1. The fourth-order valence-corrected chi connectivity index (χ4v) is 1.88. The molecule has 2 N–H and O–H groups in total. The van der Waals surface area contributed by atoms with Crippen molar-refractivity contribution in [1.82, 2.24) is 4.90 Å². The molecule has 1 aromatic carbocycles. The summed E-state index contributed by atoms with van der Waals surface area (Å²) in [5.74, 6) is 0.0432. The standard InChI is InChI=1S/C11H15N3O/c1-13-6-7-14(2)11(15)8-4-3-5-9(12)10(8)13/h3-5H,6-7,12H2,1-2H3. The molecule has 4 heteroatoms. The number of anilines is 2. The second kappa shape index (κ2) is 3.46. The number of hydrogen-bond donors (Lipinski definition) is 1. The highest BCUT2D eigenvalue weighted by molar-refractivity contribution is 6.02. The molecule has 0 bridgehead atoms. The number of nitrogens with zero attached hydrogens (tertiary/aromatic N) is 2. The van der Waals surface area contributed by atoms with Crippen LogP contribution in [0, 0.1) is 0 Å². The van der Waals surface area contributed by atoms with Crippen molar-refractivity contribution in [2.45, 2.75) is 0 Å². The molecule has 0 spiro atoms. The summed E-state index contributed by atoms with van der Waals surface area (Å²) in [5.41, 5.74) is 8.11. The van der Waals surface area contributed by atoms with E-state index in [0.717, 1.165) is 18.8 Å². The van der Waals surface area contributed by atoms with Crippen LogP contribution >= 0.6 is 0 Å². The van der Waals surface area contributed by atoms with Crippen molar-refractivity contribution < 1.29 is 4.79 Å². The van der Waals surface area contributed by atoms with E-state index in [4.69, 9.17) is 5.73 Å². The van der Waals surface area contributed by atoms with Crippen molar-refractivity contribution in [3.63, 3.8) is 0 Å². The predicted octanol–water partition coefficient (Wildman–Crippen LogP) is 0.791. The Kier molecular flexibility index (Phi) is 2.26. The Morgan fingerprint density at radius 1 is 1.20 bits per heavy atom. The van der Waals surface area contributed by atoms with Crippen LogP contribution in [0.2, 0.25) is 0 Å². The maximum absolute atomic E-state index is 12.0. The number of para-hydroxylation sites is 1. The van der Waals surface area contributed by atoms with Gasteiger partial charge in [0.25, 0.3) is 5.91 Å². The first-order valence-corrected chi connectivity index (χ1v) is 4.96. The SMILES string of the molecule is CN1CCN(C)c2c(N)cccc2C1=O. The molecule has 0 atom stereocenters. The molecule has 0 fully saturated rings. The Morgan fingerprint density at radius 2 is 1.87 bits per heavy atom. The molecule has 0 aliphatic carbocycles. The lowest BCUT2D eigenvalue weighted by Crippen LogP contribution is -2.29. The van der Waals surface area contributed by atoms with E-state index in [1.807, 2.05) is 37.2 Å². The molecule has 15 heavy (non-hydrogen) atoms. The number of rotatable bonds is 0. The quantitative estimate of drug-likeness (QED) is 0.637. The van der Waals surface area contributed by atoms with Gasteiger partial charge in [-0.1, -0.05) is 6.07 Å². The molecule has 1 amide bonds. The number of carbonyl (C=O) groups excluding carboxylic acids is 1. The first-order chi connectivity index (χ1) is 7.11. The first kappa shape index (κ1) is 9.83. The van der Waals surface area contributed by atoms with Gasteiger partial charge in [-0.05, 0) is 12.1 Å². The molecule has 4 nitrogen and oxygen atoms in total. The summed E-state index contributed by atoms with van der Waals surface area (Å²) in [6, 6.07) is 5.47. The predicted molar refractivity (Wildman–Crippen MR) is 61.1 cm³/mol. The highest BCUT2D eigenvalue weighted by atomic mass is 16.2. The lowest BCUT2D eigenvalue weighted by atomic mass is 10.1. The van der Waals surface area contributed by atoms with Crippen LogP contribution in [-0.4, -0.2) is 38.0 Å². The summed E-state index contributed by atoms with van der Waals surface area (Å²) in [6.45, 7) is 1.53. The van der Waals surface area contributed by atoms with E-state index < -0.39 is 0 Å². The molecule has 0 unspecified atom stereocenters. The van der Waals surface area contributed by atoms with E-state index >= 15 is 0 Å². The number of likely N-dealkylation sites (N-methyl/N-ethyl adjacent to an activating group) is 2. The molecule has 80 valence electrons. The zero-order valence-electron chi connectivity index (χ0n) is 9.03. The summed E-state index contributed by atoms with van der Waals surface area (Å²) in [4.78, 5) is 15.7. The van der Waals surface area contributed by atoms with Gasteiger partial charge >= 0.3 is 0 Å². The molecule has 0 saturated heterocycles. The Labute approximate surface area is 89.3 Å². The van der Waals surface area contributed by atoms with Gasteiger partial charge in [-0.15, -0.1) is 0 Å². The topological polar surface area (TPSA) is 49.6 Å². The number of carbonyl (C=O) groups is 1. The zero-order valence-corrected chi connectivity index (χ0v) is 9.03. The van der Waals surface area contributed by atoms with Crippen molar-refractivity contribution in [3.8, 4) is 0 Å². The Bertz CT molecular complexity index is 403. The van der Waals surface area contributed by atoms with E-state index in [1.54, 1.807) is 4.90 Å². The second-order valence-corrected chi connectivity index (χ2v) is 3.89. The lowest BCUT2D eigenvalue weighted by molar-refractivity contribution is 0.0805. The monoisotopic (exact) mass is 205 g/mol. The van der Waals surface area contributed by atoms with Crippen molar-refractivity contribution in [2.24, 2.45) is 0 Å². The van der Waals surface area contributed by atoms with Crippen LogP contribution in [0.15, 0.2) is 18.2 Å². The normalized spacial score (nSPS) is 16.3. The van der Waals surface area contributed by atoms with Gasteiger partial charge in [0.15, 0.2) is 0 Å². The minimum absolute atomic E-state index is 0.0432. The molecule has 1 aliphatic rings. The second-order valence-electron chi connectivity index (χ2n) is 3.89. The number of benzene rings is 1. The van der Waals surface area contributed by atoms with Crippen molar-refractivity contribution >= 4 is 17.3 Å². The lowest BCUT2D eigenvalue weighted by Gasteiger charge is -2.19. The van der Waals surface area contributed by atoms with Crippen LogP contribution in [0.1, 0.15) is 10.4 Å². The molecule has 1 aliphatic heterocycles. The van der Waals surface area contributed by atoms with E-state index in [0.29, 0.717) is 11.3 Å². The third-order valence-electron chi connectivity index (χ3n) is 2.80. The van der Waals surface area contributed by atoms with E-state index in [1.165, 1.54) is 0 Å². The largest absolute Gasteiger partial charge is 0.397 e. The van der Waals surface area contributed by atoms with Crippen molar-refractivity contribution in [3.05, 3.63) is 23.8 Å². The van der Waals surface area contributed by atoms with Crippen LogP contribution < -0.4 is 10.6 Å². The average Bonchev–Trinajstić information content (AvgIpc) is 2.32. The fourth-order valence-electron chi connectivity index (χ4n) is 1.88. The summed E-state index contributed by atoms with van der Waals surface area (Å²) < 4.78 is 0. The summed E-state index contributed by atoms with van der Waals surface area (Å²) in [5, 5.41) is 0. The highest BCUT2D eigenvalue weighted by Crippen LogP contribution is 2.29. The first-order valence-electron chi connectivity index (χ1n) is 4.96. The van der Waals surface area contributed by atoms with Crippen LogP contribution in [0.3, 0.4) is 0 Å². The Hall–Kier alpha value is -1.71. The van der Waals surface area contributed by atoms with E-state index in [-0.39, 0.29) is 5.91 Å². The summed E-state index contributed by atoms with van der Waals surface area (Å²) in [7, 11) is 3.77. The number of nitrogens with two attached hydrogens (primary N) is 1. The van der Waals surface area contributed by atoms with Gasteiger partial charge in [-0.2, -0.15) is 0 Å². The molecule has 0 aromatic heterocycles. The Morgan fingerprint density at radius 3 is 2.60 bits per heavy atom. The maximum Gasteiger partial charge on any atom is 0.255 e. The number of amides is 1. The van der Waals surface area contributed by atoms with Gasteiger partial charge in [0.2, 0.25) is 0 Å². The van der Waals surface area contributed by atoms with Crippen molar-refractivity contribution in [1.29, 1.82) is 0 Å². The van der Waals surface area contributed by atoms with Crippen LogP contribution in [0.4, 0.5) is 11.4 Å². The van der Waals surface area contributed by atoms with Crippen LogP contribution in [0.5, 0.6) is 0 Å². The molecule has 1 heterocycles. The molecular formula is C11H15N3O. The number of hydrogen-bond acceptors (Lipinski definition) is 3. The van der Waals surface area contributed by atoms with Crippen molar-refractivity contribution in [2.75, 3.05) is 37.8 Å².